The third-order valence-electron chi connectivity index (χ3n) is 2.92. The maximum absolute atomic E-state index is 9.25. The van der Waals surface area contributed by atoms with Crippen LogP contribution in [0.3, 0.4) is 0 Å². The molecular weight excluding hydrogens is 198 g/mol. The number of nitrogens with zero attached hydrogens (tertiary/aromatic N) is 3. The largest absolute Gasteiger partial charge is 0.319 e. The van der Waals surface area contributed by atoms with Gasteiger partial charge in [0.1, 0.15) is 6.07 Å². The maximum Gasteiger partial charge on any atom is 0.102 e. The molecule has 0 bridgehead atoms. The molecule has 0 saturated carbocycles. The molecule has 2 aromatic rings. The van der Waals surface area contributed by atoms with Crippen LogP contribution in [0.25, 0.3) is 10.9 Å². The van der Waals surface area contributed by atoms with E-state index >= 15 is 0 Å². The molecule has 0 N–H and O–H groups in total. The second-order valence-electron chi connectivity index (χ2n) is 4.20. The molecule has 0 aliphatic heterocycles. The van der Waals surface area contributed by atoms with Gasteiger partial charge in [0.15, 0.2) is 0 Å². The Morgan fingerprint density at radius 1 is 1.25 bits per heavy atom. The summed E-state index contributed by atoms with van der Waals surface area (Å²) in [7, 11) is 3.96. The van der Waals surface area contributed by atoms with Gasteiger partial charge >= 0.3 is 0 Å². The van der Waals surface area contributed by atoms with Gasteiger partial charge < -0.3 is 5.01 Å². The van der Waals surface area contributed by atoms with Crippen LogP contribution >= 0.6 is 0 Å². The number of benzene rings is 1. The number of rotatable bonds is 1. The second kappa shape index (κ2) is 3.57. The Hall–Kier alpha value is -1.95. The van der Waals surface area contributed by atoms with Crippen LogP contribution in [0, 0.1) is 25.2 Å². The topological polar surface area (TPSA) is 32.0 Å². The van der Waals surface area contributed by atoms with E-state index in [4.69, 9.17) is 0 Å². The highest BCUT2D eigenvalue weighted by Gasteiger charge is 2.15. The van der Waals surface area contributed by atoms with Gasteiger partial charge in [0, 0.05) is 19.5 Å². The summed E-state index contributed by atoms with van der Waals surface area (Å²) in [6.07, 6.45) is 0. The predicted octanol–water partition coefficient (Wildman–Crippen LogP) is 2.33. The van der Waals surface area contributed by atoms with Crippen LogP contribution in [0.1, 0.15) is 16.8 Å². The highest BCUT2D eigenvalue weighted by molar-refractivity contribution is 5.91. The molecule has 0 fully saturated rings. The zero-order valence-corrected chi connectivity index (χ0v) is 10.1. The van der Waals surface area contributed by atoms with Gasteiger partial charge in [-0.15, -0.1) is 0 Å². The van der Waals surface area contributed by atoms with Gasteiger partial charge in [-0.3, -0.25) is 4.68 Å². The van der Waals surface area contributed by atoms with E-state index in [0.717, 1.165) is 27.7 Å². The first-order chi connectivity index (χ1) is 7.57. The van der Waals surface area contributed by atoms with Crippen LogP contribution in [0.4, 0.5) is 0 Å². The fourth-order valence-corrected chi connectivity index (χ4v) is 2.27. The summed E-state index contributed by atoms with van der Waals surface area (Å²) in [5.41, 5.74) is 4.02. The molecule has 1 aromatic heterocycles. The summed E-state index contributed by atoms with van der Waals surface area (Å²) < 4.78 is 2.07. The molecule has 82 valence electrons. The van der Waals surface area contributed by atoms with Crippen LogP contribution in [0.2, 0.25) is 0 Å². The van der Waals surface area contributed by atoms with Crippen molar-refractivity contribution in [2.45, 2.75) is 13.8 Å². The van der Waals surface area contributed by atoms with Crippen molar-refractivity contribution in [1.29, 1.82) is 5.26 Å². The van der Waals surface area contributed by atoms with Crippen molar-refractivity contribution in [3.05, 3.63) is 35.0 Å². The van der Waals surface area contributed by atoms with Crippen molar-refractivity contribution < 1.29 is 0 Å². The molecule has 0 radical (unpaired) electrons. The first-order valence-electron chi connectivity index (χ1n) is 5.26. The summed E-state index contributed by atoms with van der Waals surface area (Å²) in [4.78, 5) is 0. The predicted molar refractivity (Wildman–Crippen MR) is 66.2 cm³/mol. The van der Waals surface area contributed by atoms with Gasteiger partial charge in [-0.25, -0.2) is 0 Å². The lowest BCUT2D eigenvalue weighted by molar-refractivity contribution is 0.737. The Bertz CT molecular complexity index is 585. The average molecular weight is 213 g/mol. The van der Waals surface area contributed by atoms with E-state index in [9.17, 15) is 5.26 Å². The Kier molecular flexibility index (Phi) is 2.35. The van der Waals surface area contributed by atoms with E-state index in [1.54, 1.807) is 0 Å². The summed E-state index contributed by atoms with van der Waals surface area (Å²) in [6, 6.07) is 8.43. The molecule has 0 spiro atoms. The van der Waals surface area contributed by atoms with Gasteiger partial charge in [-0.05, 0) is 25.5 Å². The number of fused-ring (bicyclic) bond motifs is 1. The molecule has 0 atom stereocenters. The summed E-state index contributed by atoms with van der Waals surface area (Å²) in [5, 5.41) is 12.3. The third-order valence-corrected chi connectivity index (χ3v) is 2.92. The van der Waals surface area contributed by atoms with Crippen LogP contribution < -0.4 is 5.01 Å². The van der Waals surface area contributed by atoms with Crippen molar-refractivity contribution in [2.24, 2.45) is 0 Å². The van der Waals surface area contributed by atoms with E-state index in [0.29, 0.717) is 0 Å². The Morgan fingerprint density at radius 2 is 1.94 bits per heavy atom. The fourth-order valence-electron chi connectivity index (χ4n) is 2.27. The summed E-state index contributed by atoms with van der Waals surface area (Å²) in [5.74, 6) is 0. The number of nitriles is 1. The normalized spacial score (nSPS) is 10.4. The fraction of sp³-hybridized carbons (Fsp3) is 0.308. The minimum absolute atomic E-state index is 0.779. The molecule has 1 aromatic carbocycles. The molecule has 0 unspecified atom stereocenters. The van der Waals surface area contributed by atoms with E-state index < -0.39 is 0 Å². The van der Waals surface area contributed by atoms with Crippen LogP contribution in [0.5, 0.6) is 0 Å². The monoisotopic (exact) mass is 213 g/mol. The smallest absolute Gasteiger partial charge is 0.102 e. The molecule has 0 aliphatic carbocycles. The standard InChI is InChI=1S/C13H15N3/c1-9-6-5-7-12-13(9)11(8-14)10(2)16(12)15(3)4/h5-7H,1-4H3. The minimum Gasteiger partial charge on any atom is -0.319 e. The lowest BCUT2D eigenvalue weighted by Crippen LogP contribution is -2.25. The highest BCUT2D eigenvalue weighted by atomic mass is 15.5. The van der Waals surface area contributed by atoms with E-state index in [2.05, 4.69) is 16.8 Å². The first kappa shape index (κ1) is 10.6. The zero-order valence-electron chi connectivity index (χ0n) is 10.1. The molecule has 0 aliphatic rings. The van der Waals surface area contributed by atoms with Crippen LogP contribution in [-0.4, -0.2) is 18.8 Å². The van der Waals surface area contributed by atoms with Crippen molar-refractivity contribution in [2.75, 3.05) is 19.1 Å². The van der Waals surface area contributed by atoms with Crippen molar-refractivity contribution in [3.8, 4) is 6.07 Å². The molecule has 2 rings (SSSR count). The average Bonchev–Trinajstić information content (AvgIpc) is 2.51. The number of aromatic nitrogens is 1. The van der Waals surface area contributed by atoms with E-state index in [1.165, 1.54) is 0 Å². The third kappa shape index (κ3) is 1.27. The van der Waals surface area contributed by atoms with Gasteiger partial charge in [-0.2, -0.15) is 5.26 Å². The SMILES string of the molecule is Cc1cccc2c1c(C#N)c(C)n2N(C)C. The summed E-state index contributed by atoms with van der Waals surface area (Å²) in [6.45, 7) is 4.03. The number of hydrogen-bond acceptors (Lipinski definition) is 2. The molecule has 3 heteroatoms. The van der Waals surface area contributed by atoms with Gasteiger partial charge in [0.05, 0.1) is 16.8 Å². The summed E-state index contributed by atoms with van der Waals surface area (Å²) >= 11 is 0. The van der Waals surface area contributed by atoms with Gasteiger partial charge in [0.2, 0.25) is 0 Å². The highest BCUT2D eigenvalue weighted by Crippen LogP contribution is 2.27. The van der Waals surface area contributed by atoms with Crippen molar-refractivity contribution in [3.63, 3.8) is 0 Å². The Labute approximate surface area is 95.5 Å². The minimum atomic E-state index is 0.779. The molecule has 0 amide bonds. The molecule has 0 saturated heterocycles. The molecule has 1 heterocycles. The second-order valence-corrected chi connectivity index (χ2v) is 4.20. The number of aryl methyl sites for hydroxylation is 1. The lowest BCUT2D eigenvalue weighted by Gasteiger charge is -2.18. The van der Waals surface area contributed by atoms with Gasteiger partial charge in [0.25, 0.3) is 0 Å². The quantitative estimate of drug-likeness (QED) is 0.728. The zero-order chi connectivity index (χ0) is 11.9. The molecule has 16 heavy (non-hydrogen) atoms. The van der Waals surface area contributed by atoms with Crippen molar-refractivity contribution >= 4 is 10.9 Å². The van der Waals surface area contributed by atoms with Crippen molar-refractivity contribution in [1.82, 2.24) is 4.68 Å². The molecule has 3 nitrogen and oxygen atoms in total. The Balaban J connectivity index is 2.99. The molecular formula is C13H15N3. The van der Waals surface area contributed by atoms with E-state index in [-0.39, 0.29) is 0 Å². The van der Waals surface area contributed by atoms with Crippen LogP contribution in [-0.2, 0) is 0 Å². The van der Waals surface area contributed by atoms with Gasteiger partial charge in [-0.1, -0.05) is 12.1 Å². The van der Waals surface area contributed by atoms with Crippen LogP contribution in [0.15, 0.2) is 18.2 Å². The van der Waals surface area contributed by atoms with E-state index in [1.807, 2.05) is 45.1 Å². The Morgan fingerprint density at radius 3 is 2.50 bits per heavy atom. The maximum atomic E-state index is 9.25. The first-order valence-corrected chi connectivity index (χ1v) is 5.26. The lowest BCUT2D eigenvalue weighted by atomic mass is 10.1. The number of hydrogen-bond donors (Lipinski definition) is 0.